The SMILES string of the molecule is CCCCCCC/C=C\C/C=C\CCCCCCCCCCCCCC(=O)OC(COC(=O)CCCCCCCCCCCCCCCCCCCCCCCCCC)COP(=O)(O)OCC(N)C(=O)O. The molecule has 11 nitrogen and oxygen atoms in total. The summed E-state index contributed by atoms with van der Waals surface area (Å²) in [4.78, 5) is 46.4. The zero-order chi connectivity index (χ0) is 52.0. The molecule has 0 heterocycles. The Hall–Kier alpha value is -2.04. The number of phosphoric acid groups is 1. The number of esters is 2. The van der Waals surface area contributed by atoms with Gasteiger partial charge in [-0.05, 0) is 44.9 Å². The lowest BCUT2D eigenvalue weighted by molar-refractivity contribution is -0.161. The van der Waals surface area contributed by atoms with Crippen LogP contribution in [0.25, 0.3) is 0 Å². The lowest BCUT2D eigenvalue weighted by Crippen LogP contribution is -2.34. The van der Waals surface area contributed by atoms with Crippen LogP contribution in [0.1, 0.15) is 303 Å². The maximum Gasteiger partial charge on any atom is 0.472 e. The van der Waals surface area contributed by atoms with Gasteiger partial charge in [0.1, 0.15) is 12.6 Å². The van der Waals surface area contributed by atoms with E-state index in [1.54, 1.807) is 0 Å². The van der Waals surface area contributed by atoms with E-state index in [0.29, 0.717) is 12.8 Å². The van der Waals surface area contributed by atoms with Crippen molar-refractivity contribution in [3.63, 3.8) is 0 Å². The number of hydrogen-bond acceptors (Lipinski definition) is 9. The van der Waals surface area contributed by atoms with E-state index in [4.69, 9.17) is 29.4 Å². The Balaban J connectivity index is 4.11. The van der Waals surface area contributed by atoms with Gasteiger partial charge in [-0.2, -0.15) is 0 Å². The molecule has 0 aromatic rings. The highest BCUT2D eigenvalue weighted by Gasteiger charge is 2.28. The van der Waals surface area contributed by atoms with Gasteiger partial charge in [0.25, 0.3) is 0 Å². The number of carbonyl (C=O) groups excluding carboxylic acids is 2. The topological polar surface area (TPSA) is 172 Å². The van der Waals surface area contributed by atoms with Crippen molar-refractivity contribution in [2.75, 3.05) is 19.8 Å². The van der Waals surface area contributed by atoms with Crippen LogP contribution < -0.4 is 5.73 Å². The van der Waals surface area contributed by atoms with Crippen LogP contribution in [0.2, 0.25) is 0 Å². The Morgan fingerprint density at radius 1 is 0.437 bits per heavy atom. The van der Waals surface area contributed by atoms with E-state index in [-0.39, 0.29) is 19.4 Å². The van der Waals surface area contributed by atoms with Gasteiger partial charge in [-0.25, -0.2) is 4.57 Å². The average Bonchev–Trinajstić information content (AvgIpc) is 3.35. The average molecular weight is 1030 g/mol. The number of carboxylic acid groups (broad SMARTS) is 1. The first-order valence-electron chi connectivity index (χ1n) is 29.9. The number of unbranched alkanes of at least 4 members (excludes halogenated alkanes) is 39. The molecule has 418 valence electrons. The fourth-order valence-electron chi connectivity index (χ4n) is 8.81. The summed E-state index contributed by atoms with van der Waals surface area (Å²) in [6.45, 7) is 2.87. The van der Waals surface area contributed by atoms with Crippen LogP contribution in [0.15, 0.2) is 24.3 Å². The number of ether oxygens (including phenoxy) is 2. The molecule has 3 unspecified atom stereocenters. The Labute approximate surface area is 436 Å². The molecule has 0 radical (unpaired) electrons. The van der Waals surface area contributed by atoms with Gasteiger partial charge < -0.3 is 25.2 Å². The number of nitrogens with two attached hydrogens (primary N) is 1. The van der Waals surface area contributed by atoms with E-state index < -0.39 is 51.1 Å². The fourth-order valence-corrected chi connectivity index (χ4v) is 9.58. The third-order valence-electron chi connectivity index (χ3n) is 13.5. The van der Waals surface area contributed by atoms with Crippen molar-refractivity contribution in [1.82, 2.24) is 0 Å². The highest BCUT2D eigenvalue weighted by atomic mass is 31.2. The van der Waals surface area contributed by atoms with Gasteiger partial charge in [-0.15, -0.1) is 0 Å². The Morgan fingerprint density at radius 2 is 0.746 bits per heavy atom. The molecule has 0 aliphatic rings. The van der Waals surface area contributed by atoms with E-state index in [1.165, 1.54) is 218 Å². The molecule has 0 spiro atoms. The van der Waals surface area contributed by atoms with E-state index in [9.17, 15) is 23.8 Å². The van der Waals surface area contributed by atoms with Gasteiger partial charge in [0.15, 0.2) is 6.10 Å². The van der Waals surface area contributed by atoms with Crippen molar-refractivity contribution in [1.29, 1.82) is 0 Å². The van der Waals surface area contributed by atoms with Gasteiger partial charge in [0.2, 0.25) is 0 Å². The van der Waals surface area contributed by atoms with Gasteiger partial charge in [-0.3, -0.25) is 23.4 Å². The molecule has 0 aromatic heterocycles. The number of rotatable bonds is 57. The minimum Gasteiger partial charge on any atom is -0.480 e. The maximum absolute atomic E-state index is 12.7. The number of carbonyl (C=O) groups is 3. The summed E-state index contributed by atoms with van der Waals surface area (Å²) in [6, 6.07) is -1.52. The van der Waals surface area contributed by atoms with Gasteiger partial charge >= 0.3 is 25.7 Å². The lowest BCUT2D eigenvalue weighted by Gasteiger charge is -2.20. The number of allylic oxidation sites excluding steroid dienone is 4. The largest absolute Gasteiger partial charge is 0.480 e. The molecule has 0 amide bonds. The molecule has 0 aromatic carbocycles. The van der Waals surface area contributed by atoms with Gasteiger partial charge in [0.05, 0.1) is 13.2 Å². The minimum absolute atomic E-state index is 0.163. The summed E-state index contributed by atoms with van der Waals surface area (Å²) in [7, 11) is -4.72. The molecule has 0 aliphatic heterocycles. The number of aliphatic carboxylic acids is 1. The second kappa shape index (κ2) is 54.2. The Morgan fingerprint density at radius 3 is 1.10 bits per heavy atom. The van der Waals surface area contributed by atoms with Gasteiger partial charge in [0, 0.05) is 12.8 Å². The predicted molar refractivity (Wildman–Crippen MR) is 296 cm³/mol. The smallest absolute Gasteiger partial charge is 0.472 e. The maximum atomic E-state index is 12.7. The summed E-state index contributed by atoms with van der Waals surface area (Å²) in [5.74, 6) is -2.36. The molecule has 12 heteroatoms. The quantitative estimate of drug-likeness (QED) is 0.0229. The van der Waals surface area contributed by atoms with E-state index >= 15 is 0 Å². The molecular weight excluding hydrogens is 914 g/mol. The fraction of sp³-hybridized carbons (Fsp3) is 0.881. The zero-order valence-corrected chi connectivity index (χ0v) is 47.0. The van der Waals surface area contributed by atoms with Crippen LogP contribution in [-0.2, 0) is 37.5 Å². The first-order chi connectivity index (χ1) is 34.6. The van der Waals surface area contributed by atoms with Crippen LogP contribution in [0.5, 0.6) is 0 Å². The standard InChI is InChI=1S/C59H112NO10P/c1-3-5-7-9-11-13-15-17-19-21-23-25-27-29-30-32-34-36-38-40-42-44-46-48-50-57(61)67-52-55(53-68-71(65,66)69-54-56(60)59(63)64)70-58(62)51-49-47-45-43-41-39-37-35-33-31-28-26-24-22-20-18-16-14-12-10-8-6-4-2/h16,18,22,24,55-56H,3-15,17,19-21,23,25-54,60H2,1-2H3,(H,63,64)(H,65,66)/b18-16-,24-22-. The molecule has 0 fully saturated rings. The third-order valence-corrected chi connectivity index (χ3v) is 14.4. The van der Waals surface area contributed by atoms with E-state index in [2.05, 4.69) is 38.2 Å². The van der Waals surface area contributed by atoms with Crippen molar-refractivity contribution in [2.45, 2.75) is 315 Å². The van der Waals surface area contributed by atoms with Crippen molar-refractivity contribution in [3.05, 3.63) is 24.3 Å². The van der Waals surface area contributed by atoms with Crippen LogP contribution in [-0.4, -0.2) is 59.9 Å². The molecule has 0 aliphatic carbocycles. The van der Waals surface area contributed by atoms with Crippen LogP contribution >= 0.6 is 7.82 Å². The highest BCUT2D eigenvalue weighted by molar-refractivity contribution is 7.47. The first-order valence-corrected chi connectivity index (χ1v) is 31.4. The normalized spacial score (nSPS) is 13.5. The molecule has 3 atom stereocenters. The minimum atomic E-state index is -4.72. The molecule has 4 N–H and O–H groups in total. The van der Waals surface area contributed by atoms with Crippen LogP contribution in [0.4, 0.5) is 0 Å². The number of phosphoric ester groups is 1. The predicted octanol–water partition coefficient (Wildman–Crippen LogP) is 17.7. The monoisotopic (exact) mass is 1030 g/mol. The highest BCUT2D eigenvalue weighted by Crippen LogP contribution is 2.43. The Kier molecular flexibility index (Phi) is 52.7. The van der Waals surface area contributed by atoms with Gasteiger partial charge in [-0.1, -0.05) is 269 Å². The first kappa shape index (κ1) is 69.0. The van der Waals surface area contributed by atoms with Crippen LogP contribution in [0.3, 0.4) is 0 Å². The van der Waals surface area contributed by atoms with Crippen molar-refractivity contribution < 1.29 is 47.5 Å². The number of carboxylic acids is 1. The Bertz CT molecular complexity index is 1290. The summed E-state index contributed by atoms with van der Waals surface area (Å²) in [6.07, 6.45) is 62.5. The van der Waals surface area contributed by atoms with Crippen molar-refractivity contribution in [3.8, 4) is 0 Å². The van der Waals surface area contributed by atoms with Crippen molar-refractivity contribution >= 4 is 25.7 Å². The molecular formula is C59H112NO10P. The van der Waals surface area contributed by atoms with E-state index in [1.807, 2.05) is 0 Å². The zero-order valence-electron chi connectivity index (χ0n) is 46.1. The second-order valence-electron chi connectivity index (χ2n) is 20.5. The lowest BCUT2D eigenvalue weighted by atomic mass is 10.0. The summed E-state index contributed by atoms with van der Waals surface area (Å²) in [5.41, 5.74) is 5.37. The number of hydrogen-bond donors (Lipinski definition) is 3. The molecule has 0 saturated heterocycles. The molecule has 71 heavy (non-hydrogen) atoms. The summed E-state index contributed by atoms with van der Waals surface area (Å²) < 4.78 is 33.0. The van der Waals surface area contributed by atoms with Crippen LogP contribution in [0, 0.1) is 0 Å². The summed E-state index contributed by atoms with van der Waals surface area (Å²) in [5, 5.41) is 8.95. The molecule has 0 rings (SSSR count). The second-order valence-corrected chi connectivity index (χ2v) is 21.9. The summed E-state index contributed by atoms with van der Waals surface area (Å²) >= 11 is 0. The van der Waals surface area contributed by atoms with Crippen molar-refractivity contribution in [2.24, 2.45) is 5.73 Å². The van der Waals surface area contributed by atoms with E-state index in [0.717, 1.165) is 44.9 Å². The molecule has 0 saturated carbocycles. The molecule has 0 bridgehead atoms. The third kappa shape index (κ3) is 54.1.